The molecule has 0 radical (unpaired) electrons. The number of hydrogen-bond acceptors (Lipinski definition) is 3. The Kier molecular flexibility index (Phi) is 3.83. The fourth-order valence-electron chi connectivity index (χ4n) is 1.01. The maximum absolute atomic E-state index is 10.7. The van der Waals surface area contributed by atoms with Gasteiger partial charge in [-0.1, -0.05) is 0 Å². The van der Waals surface area contributed by atoms with Crippen LogP contribution in [0.5, 0.6) is 0 Å². The van der Waals surface area contributed by atoms with Crippen molar-refractivity contribution >= 4 is 44.2 Å². The molecule has 0 bridgehead atoms. The molecule has 0 saturated heterocycles. The summed E-state index contributed by atoms with van der Waals surface area (Å²) >= 11 is 5.14. The molecule has 0 atom stereocenters. The van der Waals surface area contributed by atoms with Gasteiger partial charge in [0.25, 0.3) is 5.69 Å². The minimum absolute atomic E-state index is 0.0153. The van der Waals surface area contributed by atoms with E-state index in [0.717, 1.165) is 3.57 Å². The molecule has 1 aromatic rings. The first-order valence-corrected chi connectivity index (χ1v) is 5.43. The molecular formula is C8H4BrIN2O2. The van der Waals surface area contributed by atoms with E-state index in [0.29, 0.717) is 10.0 Å². The minimum atomic E-state index is -0.473. The molecule has 0 N–H and O–H groups in total. The van der Waals surface area contributed by atoms with E-state index in [9.17, 15) is 10.1 Å². The number of hydrogen-bond donors (Lipinski definition) is 0. The number of benzene rings is 1. The van der Waals surface area contributed by atoms with Crippen LogP contribution < -0.4 is 0 Å². The van der Waals surface area contributed by atoms with E-state index in [2.05, 4.69) is 15.9 Å². The Bertz CT molecular complexity index is 428. The van der Waals surface area contributed by atoms with Gasteiger partial charge in [0.15, 0.2) is 0 Å². The summed E-state index contributed by atoms with van der Waals surface area (Å²) in [5, 5.41) is 19.2. The van der Waals surface area contributed by atoms with E-state index in [-0.39, 0.29) is 12.1 Å². The van der Waals surface area contributed by atoms with Crippen molar-refractivity contribution in [3.05, 3.63) is 35.9 Å². The predicted octanol–water partition coefficient (Wildman–Crippen LogP) is 3.03. The monoisotopic (exact) mass is 366 g/mol. The number of nitro benzene ring substituents is 1. The number of halogens is 2. The van der Waals surface area contributed by atoms with E-state index in [1.165, 1.54) is 0 Å². The van der Waals surface area contributed by atoms with Crippen molar-refractivity contribution in [2.24, 2.45) is 0 Å². The van der Waals surface area contributed by atoms with Gasteiger partial charge in [-0.2, -0.15) is 5.26 Å². The second kappa shape index (κ2) is 4.70. The Labute approximate surface area is 102 Å². The van der Waals surface area contributed by atoms with Gasteiger partial charge in [0.1, 0.15) is 4.47 Å². The zero-order valence-corrected chi connectivity index (χ0v) is 10.6. The van der Waals surface area contributed by atoms with Gasteiger partial charge < -0.3 is 0 Å². The summed E-state index contributed by atoms with van der Waals surface area (Å²) in [6.07, 6.45) is 0.0475. The molecule has 4 nitrogen and oxygen atoms in total. The largest absolute Gasteiger partial charge is 0.288 e. The summed E-state index contributed by atoms with van der Waals surface area (Å²) in [7, 11) is 0. The van der Waals surface area contributed by atoms with Gasteiger partial charge in [-0.15, -0.1) is 0 Å². The second-order valence-electron chi connectivity index (χ2n) is 2.46. The molecule has 1 aromatic carbocycles. The molecule has 0 aliphatic rings. The number of nitriles is 1. The van der Waals surface area contributed by atoms with Crippen LogP contribution in [-0.2, 0) is 6.42 Å². The molecule has 72 valence electrons. The Morgan fingerprint density at radius 3 is 2.79 bits per heavy atom. The fraction of sp³-hybridized carbons (Fsp3) is 0.125. The van der Waals surface area contributed by atoms with Crippen LogP contribution in [0, 0.1) is 25.0 Å². The van der Waals surface area contributed by atoms with Gasteiger partial charge in [0.2, 0.25) is 0 Å². The molecule has 0 saturated carbocycles. The van der Waals surface area contributed by atoms with Crippen LogP contribution in [0.25, 0.3) is 0 Å². The topological polar surface area (TPSA) is 66.9 Å². The highest BCUT2D eigenvalue weighted by molar-refractivity contribution is 14.1. The van der Waals surface area contributed by atoms with E-state index < -0.39 is 4.92 Å². The molecular weight excluding hydrogens is 363 g/mol. The van der Waals surface area contributed by atoms with Crippen molar-refractivity contribution in [1.29, 1.82) is 5.26 Å². The molecule has 0 unspecified atom stereocenters. The zero-order chi connectivity index (χ0) is 10.7. The van der Waals surface area contributed by atoms with Crippen LogP contribution in [0.2, 0.25) is 0 Å². The zero-order valence-electron chi connectivity index (χ0n) is 6.83. The van der Waals surface area contributed by atoms with Gasteiger partial charge in [0.05, 0.1) is 17.4 Å². The Morgan fingerprint density at radius 1 is 1.64 bits per heavy atom. The van der Waals surface area contributed by atoms with Crippen LogP contribution in [0.3, 0.4) is 0 Å². The summed E-state index contributed by atoms with van der Waals surface area (Å²) in [5.41, 5.74) is 0.420. The Morgan fingerprint density at radius 2 is 2.29 bits per heavy atom. The third-order valence-corrected chi connectivity index (χ3v) is 4.05. The van der Waals surface area contributed by atoms with E-state index in [4.69, 9.17) is 5.26 Å². The predicted molar refractivity (Wildman–Crippen MR) is 62.8 cm³/mol. The molecule has 0 aliphatic heterocycles. The maximum Gasteiger partial charge on any atom is 0.288 e. The van der Waals surface area contributed by atoms with Crippen LogP contribution in [0.1, 0.15) is 5.56 Å². The van der Waals surface area contributed by atoms with Crippen LogP contribution in [-0.4, -0.2) is 4.92 Å². The Balaban J connectivity index is 3.39. The molecule has 0 fully saturated rings. The first-order valence-electron chi connectivity index (χ1n) is 3.56. The average molecular weight is 367 g/mol. The van der Waals surface area contributed by atoms with Crippen molar-refractivity contribution < 1.29 is 4.92 Å². The molecule has 6 heteroatoms. The molecule has 0 amide bonds. The van der Waals surface area contributed by atoms with E-state index in [1.54, 1.807) is 12.1 Å². The van der Waals surface area contributed by atoms with Gasteiger partial charge in [-0.25, -0.2) is 0 Å². The SMILES string of the molecule is N#CCc1ccc(I)c(Br)c1[N+](=O)[O-]. The van der Waals surface area contributed by atoms with Crippen molar-refractivity contribution in [2.45, 2.75) is 6.42 Å². The molecule has 0 heterocycles. The quantitative estimate of drug-likeness (QED) is 0.459. The van der Waals surface area contributed by atoms with Gasteiger partial charge in [-0.3, -0.25) is 10.1 Å². The number of nitrogens with zero attached hydrogens (tertiary/aromatic N) is 2. The summed E-state index contributed by atoms with van der Waals surface area (Å²) in [6, 6.07) is 5.24. The second-order valence-corrected chi connectivity index (χ2v) is 4.42. The first kappa shape index (κ1) is 11.4. The van der Waals surface area contributed by atoms with Crippen molar-refractivity contribution in [3.63, 3.8) is 0 Å². The first-order chi connectivity index (χ1) is 6.57. The number of nitro groups is 1. The van der Waals surface area contributed by atoms with Crippen molar-refractivity contribution in [1.82, 2.24) is 0 Å². The molecule has 0 aromatic heterocycles. The van der Waals surface area contributed by atoms with Gasteiger partial charge in [0, 0.05) is 9.13 Å². The summed E-state index contributed by atoms with van der Waals surface area (Å²) in [6.45, 7) is 0. The minimum Gasteiger partial charge on any atom is -0.258 e. The molecule has 14 heavy (non-hydrogen) atoms. The normalized spacial score (nSPS) is 9.50. The summed E-state index contributed by atoms with van der Waals surface area (Å²) in [5.74, 6) is 0. The van der Waals surface area contributed by atoms with Crippen LogP contribution >= 0.6 is 38.5 Å². The smallest absolute Gasteiger partial charge is 0.258 e. The highest BCUT2D eigenvalue weighted by Gasteiger charge is 2.19. The van der Waals surface area contributed by atoms with Gasteiger partial charge >= 0.3 is 0 Å². The lowest BCUT2D eigenvalue weighted by Gasteiger charge is -2.02. The number of rotatable bonds is 2. The van der Waals surface area contributed by atoms with Crippen molar-refractivity contribution in [3.8, 4) is 6.07 Å². The average Bonchev–Trinajstić information content (AvgIpc) is 2.11. The standard InChI is InChI=1S/C8H4BrIN2O2/c9-7-6(10)2-1-5(3-4-11)8(7)12(13)14/h1-2H,3H2. The van der Waals surface area contributed by atoms with Crippen LogP contribution in [0.15, 0.2) is 16.6 Å². The van der Waals surface area contributed by atoms with E-state index in [1.807, 2.05) is 28.7 Å². The lowest BCUT2D eigenvalue weighted by molar-refractivity contribution is -0.386. The van der Waals surface area contributed by atoms with Gasteiger partial charge in [-0.05, 0) is 50.7 Å². The lowest BCUT2D eigenvalue weighted by Crippen LogP contribution is -1.97. The third-order valence-electron chi connectivity index (χ3n) is 1.60. The molecule has 1 rings (SSSR count). The third kappa shape index (κ3) is 2.22. The Hall–Kier alpha value is -0.680. The summed E-state index contributed by atoms with van der Waals surface area (Å²) < 4.78 is 1.20. The lowest BCUT2D eigenvalue weighted by atomic mass is 10.1. The molecule has 0 spiro atoms. The fourth-order valence-corrected chi connectivity index (χ4v) is 1.97. The highest BCUT2D eigenvalue weighted by atomic mass is 127. The van der Waals surface area contributed by atoms with Crippen molar-refractivity contribution in [2.75, 3.05) is 0 Å². The highest BCUT2D eigenvalue weighted by Crippen LogP contribution is 2.33. The van der Waals surface area contributed by atoms with E-state index >= 15 is 0 Å². The van der Waals surface area contributed by atoms with Crippen LogP contribution in [0.4, 0.5) is 5.69 Å². The summed E-state index contributed by atoms with van der Waals surface area (Å²) in [4.78, 5) is 10.3. The molecule has 0 aliphatic carbocycles. The maximum atomic E-state index is 10.7.